The highest BCUT2D eigenvalue weighted by Crippen LogP contribution is 2.53. The van der Waals surface area contributed by atoms with Crippen molar-refractivity contribution in [2.45, 2.75) is 25.2 Å². The smallest absolute Gasteiger partial charge is 0.315 e. The summed E-state index contributed by atoms with van der Waals surface area (Å²) in [6.07, 6.45) is 1.56. The molecule has 0 amide bonds. The van der Waals surface area contributed by atoms with Crippen molar-refractivity contribution in [1.29, 1.82) is 0 Å². The van der Waals surface area contributed by atoms with Crippen LogP contribution >= 0.6 is 27.3 Å². The Labute approximate surface area is 88.7 Å². The van der Waals surface area contributed by atoms with Crippen LogP contribution in [0.25, 0.3) is 0 Å². The van der Waals surface area contributed by atoms with Crippen molar-refractivity contribution < 1.29 is 9.90 Å². The lowest BCUT2D eigenvalue weighted by molar-refractivity contribution is -0.139. The van der Waals surface area contributed by atoms with Gasteiger partial charge in [0.2, 0.25) is 0 Å². The quantitative estimate of drug-likeness (QED) is 0.888. The summed E-state index contributed by atoms with van der Waals surface area (Å²) in [5, 5.41) is 9.08. The van der Waals surface area contributed by atoms with Crippen molar-refractivity contribution >= 4 is 33.2 Å². The van der Waals surface area contributed by atoms with Crippen LogP contribution in [0.3, 0.4) is 0 Å². The Balaban J connectivity index is 2.46. The van der Waals surface area contributed by atoms with E-state index in [4.69, 9.17) is 5.11 Å². The normalized spacial score (nSPS) is 18.6. The van der Waals surface area contributed by atoms with Crippen molar-refractivity contribution in [2.75, 3.05) is 0 Å². The molecule has 13 heavy (non-hydrogen) atoms. The van der Waals surface area contributed by atoms with Crippen molar-refractivity contribution in [3.63, 3.8) is 0 Å². The molecule has 0 aromatic carbocycles. The molecule has 0 radical (unpaired) electrons. The Hall–Kier alpha value is -0.350. The van der Waals surface area contributed by atoms with Crippen LogP contribution in [-0.2, 0) is 10.2 Å². The van der Waals surface area contributed by atoms with Crippen LogP contribution in [0.4, 0.5) is 0 Å². The summed E-state index contributed by atoms with van der Waals surface area (Å²) in [4.78, 5) is 13.2. The minimum atomic E-state index is -0.685. The predicted molar refractivity (Wildman–Crippen MR) is 55.3 cm³/mol. The van der Waals surface area contributed by atoms with E-state index in [1.807, 2.05) is 13.0 Å². The molecule has 0 saturated heterocycles. The number of halogens is 1. The summed E-state index contributed by atoms with van der Waals surface area (Å²) in [5.74, 6) is -0.685. The van der Waals surface area contributed by atoms with E-state index in [0.717, 1.165) is 27.1 Å². The molecule has 2 nitrogen and oxygen atoms in total. The standard InChI is InChI=1S/C9H9BrO2S/c1-5-4-6(10)7(13-5)9(2-3-9)8(11)12/h4H,2-3H2,1H3,(H,11,12). The summed E-state index contributed by atoms with van der Waals surface area (Å²) < 4.78 is 0.954. The Morgan fingerprint density at radius 1 is 1.69 bits per heavy atom. The van der Waals surface area contributed by atoms with Crippen molar-refractivity contribution in [1.82, 2.24) is 0 Å². The fourth-order valence-corrected chi connectivity index (χ4v) is 3.73. The van der Waals surface area contributed by atoms with Crippen LogP contribution < -0.4 is 0 Å². The van der Waals surface area contributed by atoms with Crippen molar-refractivity contribution in [3.05, 3.63) is 20.3 Å². The van der Waals surface area contributed by atoms with E-state index >= 15 is 0 Å². The van der Waals surface area contributed by atoms with Crippen LogP contribution in [-0.4, -0.2) is 11.1 Å². The van der Waals surface area contributed by atoms with Gasteiger partial charge in [-0.2, -0.15) is 0 Å². The summed E-state index contributed by atoms with van der Waals surface area (Å²) in [6, 6.07) is 1.99. The first-order valence-electron chi connectivity index (χ1n) is 4.06. The average molecular weight is 261 g/mol. The first-order chi connectivity index (χ1) is 6.06. The lowest BCUT2D eigenvalue weighted by atomic mass is 10.1. The average Bonchev–Trinajstić information content (AvgIpc) is 2.75. The third-order valence-corrected chi connectivity index (χ3v) is 4.55. The van der Waals surface area contributed by atoms with E-state index in [0.29, 0.717) is 0 Å². The molecular formula is C9H9BrO2S. The Kier molecular flexibility index (Phi) is 2.00. The zero-order chi connectivity index (χ0) is 9.64. The lowest BCUT2D eigenvalue weighted by Crippen LogP contribution is -2.18. The van der Waals surface area contributed by atoms with Gasteiger partial charge >= 0.3 is 5.97 Å². The molecule has 0 bridgehead atoms. The maximum atomic E-state index is 11.0. The summed E-state index contributed by atoms with van der Waals surface area (Å²) in [7, 11) is 0. The summed E-state index contributed by atoms with van der Waals surface area (Å²) in [5.41, 5.74) is -0.558. The maximum absolute atomic E-state index is 11.0. The molecule has 0 spiro atoms. The SMILES string of the molecule is Cc1cc(Br)c(C2(C(=O)O)CC2)s1. The van der Waals surface area contributed by atoms with Crippen molar-refractivity contribution in [2.24, 2.45) is 0 Å². The molecular weight excluding hydrogens is 252 g/mol. The van der Waals surface area contributed by atoms with Gasteiger partial charge in [-0.3, -0.25) is 4.79 Å². The topological polar surface area (TPSA) is 37.3 Å². The van der Waals surface area contributed by atoms with Crippen molar-refractivity contribution in [3.8, 4) is 0 Å². The molecule has 1 N–H and O–H groups in total. The summed E-state index contributed by atoms with van der Waals surface area (Å²) >= 11 is 4.99. The van der Waals surface area contributed by atoms with Gasteiger partial charge in [-0.1, -0.05) is 0 Å². The fraction of sp³-hybridized carbons (Fsp3) is 0.444. The maximum Gasteiger partial charge on any atom is 0.315 e. The first kappa shape index (κ1) is 9.21. The highest BCUT2D eigenvalue weighted by Gasteiger charge is 2.53. The van der Waals surface area contributed by atoms with Gasteiger partial charge in [-0.05, 0) is 41.8 Å². The van der Waals surface area contributed by atoms with E-state index in [2.05, 4.69) is 15.9 Å². The number of carbonyl (C=O) groups is 1. The zero-order valence-corrected chi connectivity index (χ0v) is 9.54. The van der Waals surface area contributed by atoms with E-state index in [1.54, 1.807) is 11.3 Å². The molecule has 1 aromatic heterocycles. The second-order valence-electron chi connectivity index (χ2n) is 3.42. The van der Waals surface area contributed by atoms with Crippen LogP contribution in [0, 0.1) is 6.92 Å². The molecule has 0 aliphatic heterocycles. The van der Waals surface area contributed by atoms with Gasteiger partial charge in [0.1, 0.15) is 5.41 Å². The van der Waals surface area contributed by atoms with Gasteiger partial charge in [0.15, 0.2) is 0 Å². The van der Waals surface area contributed by atoms with Crippen LogP contribution in [0.15, 0.2) is 10.5 Å². The van der Waals surface area contributed by atoms with Gasteiger partial charge in [-0.15, -0.1) is 11.3 Å². The number of carboxylic acid groups (broad SMARTS) is 1. The molecule has 1 aliphatic rings. The largest absolute Gasteiger partial charge is 0.481 e. The number of hydrogen-bond donors (Lipinski definition) is 1. The minimum absolute atomic E-state index is 0.558. The molecule has 2 rings (SSSR count). The molecule has 70 valence electrons. The molecule has 1 heterocycles. The van der Waals surface area contributed by atoms with E-state index in [-0.39, 0.29) is 0 Å². The van der Waals surface area contributed by atoms with Gasteiger partial charge in [-0.25, -0.2) is 0 Å². The molecule has 1 aliphatic carbocycles. The molecule has 0 unspecified atom stereocenters. The number of hydrogen-bond acceptors (Lipinski definition) is 2. The monoisotopic (exact) mass is 260 g/mol. The molecule has 1 fully saturated rings. The second kappa shape index (κ2) is 2.82. The molecule has 1 aromatic rings. The van der Waals surface area contributed by atoms with Gasteiger partial charge in [0.05, 0.1) is 0 Å². The van der Waals surface area contributed by atoms with E-state index < -0.39 is 11.4 Å². The Morgan fingerprint density at radius 2 is 2.31 bits per heavy atom. The minimum Gasteiger partial charge on any atom is -0.481 e. The summed E-state index contributed by atoms with van der Waals surface area (Å²) in [6.45, 7) is 2.00. The van der Waals surface area contributed by atoms with Crippen LogP contribution in [0.1, 0.15) is 22.6 Å². The Morgan fingerprint density at radius 3 is 2.62 bits per heavy atom. The third kappa shape index (κ3) is 1.32. The predicted octanol–water partition coefficient (Wildman–Crippen LogP) is 2.94. The molecule has 1 saturated carbocycles. The van der Waals surface area contributed by atoms with Gasteiger partial charge < -0.3 is 5.11 Å². The van der Waals surface area contributed by atoms with Crippen LogP contribution in [0.2, 0.25) is 0 Å². The number of aliphatic carboxylic acids is 1. The number of rotatable bonds is 2. The van der Waals surface area contributed by atoms with Gasteiger partial charge in [0.25, 0.3) is 0 Å². The lowest BCUT2D eigenvalue weighted by Gasteiger charge is -2.06. The number of aryl methyl sites for hydroxylation is 1. The number of thiophene rings is 1. The van der Waals surface area contributed by atoms with E-state index in [9.17, 15) is 4.79 Å². The highest BCUT2D eigenvalue weighted by molar-refractivity contribution is 9.10. The fourth-order valence-electron chi connectivity index (χ4n) is 1.47. The Bertz CT molecular complexity index is 366. The second-order valence-corrected chi connectivity index (χ2v) is 5.53. The zero-order valence-electron chi connectivity index (χ0n) is 7.13. The van der Waals surface area contributed by atoms with E-state index in [1.165, 1.54) is 0 Å². The highest BCUT2D eigenvalue weighted by atomic mass is 79.9. The first-order valence-corrected chi connectivity index (χ1v) is 5.67. The van der Waals surface area contributed by atoms with Crippen LogP contribution in [0.5, 0.6) is 0 Å². The number of carboxylic acids is 1. The molecule has 0 atom stereocenters. The third-order valence-electron chi connectivity index (χ3n) is 2.40. The molecule has 4 heteroatoms. The van der Waals surface area contributed by atoms with Gasteiger partial charge in [0, 0.05) is 14.2 Å².